The molecule has 0 radical (unpaired) electrons. The van der Waals surface area contributed by atoms with Crippen LogP contribution >= 0.6 is 0 Å². The normalized spacial score (nSPS) is 11.2. The first kappa shape index (κ1) is 23.9. The van der Waals surface area contributed by atoms with Gasteiger partial charge in [-0.05, 0) is 54.1 Å². The number of nitrogens with one attached hydrogen (secondary N) is 2. The Bertz CT molecular complexity index is 1260. The second-order valence-corrected chi connectivity index (χ2v) is 9.32. The van der Waals surface area contributed by atoms with Gasteiger partial charge in [0.1, 0.15) is 18.2 Å². The van der Waals surface area contributed by atoms with Crippen LogP contribution in [0.25, 0.3) is 0 Å². The fraction of sp³-hybridized carbons (Fsp3) is 0.130. The van der Waals surface area contributed by atoms with Gasteiger partial charge in [-0.15, -0.1) is 0 Å². The van der Waals surface area contributed by atoms with Gasteiger partial charge in [-0.3, -0.25) is 20.4 Å². The summed E-state index contributed by atoms with van der Waals surface area (Å²) >= 11 is 0. The summed E-state index contributed by atoms with van der Waals surface area (Å²) in [7, 11) is -0.929. The molecule has 0 bridgehead atoms. The SMILES string of the molecule is CN(C)S(=O)(=O)c1cccc(C(=O)NNC(=O)c2cccc(OCc3ccc(F)cc3)c2)c1. The number of amides is 2. The van der Waals surface area contributed by atoms with Crippen LogP contribution < -0.4 is 15.6 Å². The number of sulfonamides is 1. The molecule has 0 spiro atoms. The Morgan fingerprint density at radius 3 is 2.06 bits per heavy atom. The summed E-state index contributed by atoms with van der Waals surface area (Å²) in [5.41, 5.74) is 5.61. The lowest BCUT2D eigenvalue weighted by atomic mass is 10.2. The van der Waals surface area contributed by atoms with Crippen LogP contribution in [0.3, 0.4) is 0 Å². The molecule has 0 aliphatic rings. The van der Waals surface area contributed by atoms with Gasteiger partial charge in [0.2, 0.25) is 10.0 Å². The highest BCUT2D eigenvalue weighted by Crippen LogP contribution is 2.16. The molecular weight excluding hydrogens is 449 g/mol. The number of rotatable bonds is 7. The van der Waals surface area contributed by atoms with Crippen molar-refractivity contribution in [2.24, 2.45) is 0 Å². The van der Waals surface area contributed by atoms with Crippen molar-refractivity contribution < 1.29 is 27.1 Å². The number of nitrogens with zero attached hydrogens (tertiary/aromatic N) is 1. The van der Waals surface area contributed by atoms with E-state index in [2.05, 4.69) is 10.9 Å². The van der Waals surface area contributed by atoms with E-state index in [1.807, 2.05) is 0 Å². The molecule has 33 heavy (non-hydrogen) atoms. The van der Waals surface area contributed by atoms with Crippen molar-refractivity contribution in [1.82, 2.24) is 15.2 Å². The lowest BCUT2D eigenvalue weighted by Gasteiger charge is -2.13. The number of benzene rings is 3. The third-order valence-corrected chi connectivity index (χ3v) is 6.39. The maximum absolute atomic E-state index is 13.0. The zero-order chi connectivity index (χ0) is 24.0. The standard InChI is InChI=1S/C23H22FN3O5S/c1-27(2)33(30,31)21-8-4-6-18(14-21)23(29)26-25-22(28)17-5-3-7-20(13-17)32-15-16-9-11-19(24)12-10-16/h3-14H,15H2,1-2H3,(H,25,28)(H,26,29). The van der Waals surface area contributed by atoms with Crippen LogP contribution in [0.15, 0.2) is 77.7 Å². The van der Waals surface area contributed by atoms with E-state index in [9.17, 15) is 22.4 Å². The number of halogens is 1. The quantitative estimate of drug-likeness (QED) is 0.516. The lowest BCUT2D eigenvalue weighted by Crippen LogP contribution is -2.41. The van der Waals surface area contributed by atoms with E-state index in [1.165, 1.54) is 62.6 Å². The molecule has 3 aromatic rings. The molecule has 0 saturated heterocycles. The molecule has 3 rings (SSSR count). The molecule has 8 nitrogen and oxygen atoms in total. The van der Waals surface area contributed by atoms with Crippen molar-refractivity contribution in [3.8, 4) is 5.75 Å². The third kappa shape index (κ3) is 6.15. The van der Waals surface area contributed by atoms with E-state index in [0.717, 1.165) is 9.87 Å². The zero-order valence-corrected chi connectivity index (χ0v) is 18.7. The number of hydrogen-bond donors (Lipinski definition) is 2. The molecule has 0 fully saturated rings. The van der Waals surface area contributed by atoms with Crippen LogP contribution in [-0.4, -0.2) is 38.6 Å². The van der Waals surface area contributed by atoms with E-state index in [-0.39, 0.29) is 28.4 Å². The minimum Gasteiger partial charge on any atom is -0.489 e. The highest BCUT2D eigenvalue weighted by molar-refractivity contribution is 7.89. The Kier molecular flexibility index (Phi) is 7.41. The Labute approximate surface area is 191 Å². The van der Waals surface area contributed by atoms with Gasteiger partial charge in [-0.2, -0.15) is 0 Å². The summed E-state index contributed by atoms with van der Waals surface area (Å²) in [5, 5.41) is 0. The smallest absolute Gasteiger partial charge is 0.269 e. The monoisotopic (exact) mass is 471 g/mol. The molecule has 0 atom stereocenters. The maximum atomic E-state index is 13.0. The fourth-order valence-electron chi connectivity index (χ4n) is 2.74. The predicted octanol–water partition coefficient (Wildman–Crippen LogP) is 2.73. The molecule has 0 aromatic heterocycles. The van der Waals surface area contributed by atoms with E-state index in [1.54, 1.807) is 24.3 Å². The van der Waals surface area contributed by atoms with Crippen molar-refractivity contribution in [3.05, 3.63) is 95.3 Å². The molecule has 0 saturated carbocycles. The van der Waals surface area contributed by atoms with E-state index in [4.69, 9.17) is 4.74 Å². The fourth-order valence-corrected chi connectivity index (χ4v) is 3.69. The van der Waals surface area contributed by atoms with Crippen LogP contribution in [0, 0.1) is 5.82 Å². The highest BCUT2D eigenvalue weighted by Gasteiger charge is 2.19. The topological polar surface area (TPSA) is 105 Å². The Morgan fingerprint density at radius 2 is 1.45 bits per heavy atom. The van der Waals surface area contributed by atoms with Crippen molar-refractivity contribution in [3.63, 3.8) is 0 Å². The highest BCUT2D eigenvalue weighted by atomic mass is 32.2. The van der Waals surface area contributed by atoms with Crippen LogP contribution in [0.4, 0.5) is 4.39 Å². The number of carbonyl (C=O) groups is 2. The average Bonchev–Trinajstić information content (AvgIpc) is 2.82. The van der Waals surface area contributed by atoms with Gasteiger partial charge in [0.15, 0.2) is 0 Å². The summed E-state index contributed by atoms with van der Waals surface area (Å²) in [6, 6.07) is 17.6. The first-order valence-corrected chi connectivity index (χ1v) is 11.2. The van der Waals surface area contributed by atoms with Gasteiger partial charge < -0.3 is 4.74 Å². The zero-order valence-electron chi connectivity index (χ0n) is 17.9. The van der Waals surface area contributed by atoms with Gasteiger partial charge in [0.05, 0.1) is 4.90 Å². The summed E-state index contributed by atoms with van der Waals surface area (Å²) < 4.78 is 44.1. The molecule has 2 amide bonds. The number of hydrogen-bond acceptors (Lipinski definition) is 5. The second kappa shape index (κ2) is 10.2. The van der Waals surface area contributed by atoms with E-state index < -0.39 is 21.8 Å². The number of carbonyl (C=O) groups excluding carboxylic acids is 2. The molecule has 3 aromatic carbocycles. The molecule has 0 unspecified atom stereocenters. The molecule has 0 aliphatic carbocycles. The van der Waals surface area contributed by atoms with Gasteiger partial charge in [0.25, 0.3) is 11.8 Å². The molecular formula is C23H22FN3O5S. The minimum atomic E-state index is -3.71. The maximum Gasteiger partial charge on any atom is 0.269 e. The van der Waals surface area contributed by atoms with E-state index in [0.29, 0.717) is 5.75 Å². The first-order chi connectivity index (χ1) is 15.7. The van der Waals surface area contributed by atoms with Gasteiger partial charge in [0, 0.05) is 25.2 Å². The van der Waals surface area contributed by atoms with Crippen LogP contribution in [0.5, 0.6) is 5.75 Å². The molecule has 10 heteroatoms. The van der Waals surface area contributed by atoms with Gasteiger partial charge in [-0.25, -0.2) is 17.1 Å². The average molecular weight is 472 g/mol. The molecule has 2 N–H and O–H groups in total. The Balaban J connectivity index is 1.61. The van der Waals surface area contributed by atoms with Crippen molar-refractivity contribution >= 4 is 21.8 Å². The van der Waals surface area contributed by atoms with Crippen LogP contribution in [0.2, 0.25) is 0 Å². The van der Waals surface area contributed by atoms with Crippen LogP contribution in [0.1, 0.15) is 26.3 Å². The molecule has 0 heterocycles. The van der Waals surface area contributed by atoms with Crippen molar-refractivity contribution in [2.45, 2.75) is 11.5 Å². The predicted molar refractivity (Wildman–Crippen MR) is 119 cm³/mol. The van der Waals surface area contributed by atoms with Crippen LogP contribution in [-0.2, 0) is 16.6 Å². The molecule has 0 aliphatic heterocycles. The van der Waals surface area contributed by atoms with Crippen molar-refractivity contribution in [2.75, 3.05) is 14.1 Å². The van der Waals surface area contributed by atoms with Gasteiger partial charge in [-0.1, -0.05) is 24.3 Å². The minimum absolute atomic E-state index is 0.0440. The third-order valence-electron chi connectivity index (χ3n) is 4.58. The van der Waals surface area contributed by atoms with Gasteiger partial charge >= 0.3 is 0 Å². The summed E-state index contributed by atoms with van der Waals surface area (Å²) in [6.07, 6.45) is 0. The first-order valence-electron chi connectivity index (χ1n) is 9.77. The summed E-state index contributed by atoms with van der Waals surface area (Å²) in [4.78, 5) is 24.8. The largest absolute Gasteiger partial charge is 0.489 e. The van der Waals surface area contributed by atoms with E-state index >= 15 is 0 Å². The number of hydrazine groups is 1. The summed E-state index contributed by atoms with van der Waals surface area (Å²) in [6.45, 7) is 0.189. The second-order valence-electron chi connectivity index (χ2n) is 7.17. The lowest BCUT2D eigenvalue weighted by molar-refractivity contribution is 0.0846. The summed E-state index contributed by atoms with van der Waals surface area (Å²) in [5.74, 6) is -1.19. The number of ether oxygens (including phenoxy) is 1. The Hall–Kier alpha value is -3.76. The van der Waals surface area contributed by atoms with Crippen molar-refractivity contribution in [1.29, 1.82) is 0 Å². The molecule has 172 valence electrons. The Morgan fingerprint density at radius 1 is 0.879 bits per heavy atom.